The second kappa shape index (κ2) is 6.86. The van der Waals surface area contributed by atoms with Crippen molar-refractivity contribution in [3.63, 3.8) is 0 Å². The standard InChI is InChI=1S/C12H22O2/c1-2-3-4-5-11-6-8-12(9-7-11)14-10-13/h10-12H,2-9H2,1H3. The molecule has 14 heavy (non-hydrogen) atoms. The van der Waals surface area contributed by atoms with Gasteiger partial charge >= 0.3 is 0 Å². The van der Waals surface area contributed by atoms with Crippen molar-refractivity contribution in [2.24, 2.45) is 5.92 Å². The molecule has 0 aliphatic heterocycles. The number of ether oxygens (including phenoxy) is 1. The molecule has 2 nitrogen and oxygen atoms in total. The van der Waals surface area contributed by atoms with E-state index >= 15 is 0 Å². The summed E-state index contributed by atoms with van der Waals surface area (Å²) in [6.07, 6.45) is 10.3. The summed E-state index contributed by atoms with van der Waals surface area (Å²) in [5.74, 6) is 0.896. The van der Waals surface area contributed by atoms with Crippen LogP contribution in [0.2, 0.25) is 0 Å². The number of unbranched alkanes of at least 4 members (excludes halogenated alkanes) is 2. The molecular formula is C12H22O2. The van der Waals surface area contributed by atoms with E-state index < -0.39 is 0 Å². The van der Waals surface area contributed by atoms with E-state index in [9.17, 15) is 4.79 Å². The normalized spacial score (nSPS) is 27.2. The van der Waals surface area contributed by atoms with E-state index in [1.165, 1.54) is 38.5 Å². The van der Waals surface area contributed by atoms with Crippen LogP contribution in [-0.4, -0.2) is 12.6 Å². The Morgan fingerprint density at radius 1 is 1.21 bits per heavy atom. The Kier molecular flexibility index (Phi) is 5.65. The lowest BCUT2D eigenvalue weighted by atomic mass is 9.84. The maximum Gasteiger partial charge on any atom is 0.293 e. The quantitative estimate of drug-likeness (QED) is 0.483. The molecule has 0 heterocycles. The molecule has 0 unspecified atom stereocenters. The predicted octanol–water partition coefficient (Wildman–Crippen LogP) is 3.30. The molecule has 0 N–H and O–H groups in total. The Morgan fingerprint density at radius 2 is 1.93 bits per heavy atom. The van der Waals surface area contributed by atoms with E-state index in [-0.39, 0.29) is 6.10 Å². The van der Waals surface area contributed by atoms with Crippen molar-refractivity contribution in [1.82, 2.24) is 0 Å². The minimum Gasteiger partial charge on any atom is -0.465 e. The van der Waals surface area contributed by atoms with Crippen LogP contribution in [0.15, 0.2) is 0 Å². The highest BCUT2D eigenvalue weighted by atomic mass is 16.5. The van der Waals surface area contributed by atoms with Gasteiger partial charge in [-0.25, -0.2) is 0 Å². The number of carbonyl (C=O) groups excluding carboxylic acids is 1. The molecule has 0 spiro atoms. The first-order valence-corrected chi connectivity index (χ1v) is 5.96. The molecule has 0 aromatic carbocycles. The zero-order valence-electron chi connectivity index (χ0n) is 9.21. The highest BCUT2D eigenvalue weighted by molar-refractivity contribution is 5.37. The van der Waals surface area contributed by atoms with Crippen LogP contribution >= 0.6 is 0 Å². The van der Waals surface area contributed by atoms with Gasteiger partial charge in [0.15, 0.2) is 0 Å². The fraction of sp³-hybridized carbons (Fsp3) is 0.917. The van der Waals surface area contributed by atoms with Crippen molar-refractivity contribution in [2.45, 2.75) is 64.4 Å². The topological polar surface area (TPSA) is 26.3 Å². The van der Waals surface area contributed by atoms with Crippen molar-refractivity contribution in [3.8, 4) is 0 Å². The van der Waals surface area contributed by atoms with Crippen molar-refractivity contribution in [2.75, 3.05) is 0 Å². The van der Waals surface area contributed by atoms with Crippen LogP contribution in [0.3, 0.4) is 0 Å². The minimum atomic E-state index is 0.218. The highest BCUT2D eigenvalue weighted by Crippen LogP contribution is 2.29. The third-order valence-electron chi connectivity index (χ3n) is 3.26. The van der Waals surface area contributed by atoms with Crippen LogP contribution < -0.4 is 0 Å². The van der Waals surface area contributed by atoms with Crippen LogP contribution in [0.5, 0.6) is 0 Å². The molecule has 1 aliphatic carbocycles. The van der Waals surface area contributed by atoms with Gasteiger partial charge in [0.1, 0.15) is 6.10 Å². The number of rotatable bonds is 6. The number of carbonyl (C=O) groups is 1. The van der Waals surface area contributed by atoms with Gasteiger partial charge in [-0.2, -0.15) is 0 Å². The maximum absolute atomic E-state index is 10.1. The SMILES string of the molecule is CCCCCC1CCC(OC=O)CC1. The largest absolute Gasteiger partial charge is 0.465 e. The van der Waals surface area contributed by atoms with E-state index in [1.807, 2.05) is 0 Å². The Bertz CT molecular complexity index is 148. The first kappa shape index (κ1) is 11.5. The first-order valence-electron chi connectivity index (χ1n) is 5.96. The summed E-state index contributed by atoms with van der Waals surface area (Å²) in [5.41, 5.74) is 0. The Hall–Kier alpha value is -0.530. The summed E-state index contributed by atoms with van der Waals surface area (Å²) in [7, 11) is 0. The van der Waals surface area contributed by atoms with Gasteiger partial charge in [0, 0.05) is 0 Å². The zero-order chi connectivity index (χ0) is 10.2. The summed E-state index contributed by atoms with van der Waals surface area (Å²) >= 11 is 0. The van der Waals surface area contributed by atoms with E-state index in [0.717, 1.165) is 18.8 Å². The van der Waals surface area contributed by atoms with Gasteiger partial charge in [0.2, 0.25) is 0 Å². The van der Waals surface area contributed by atoms with Crippen LogP contribution in [0.4, 0.5) is 0 Å². The van der Waals surface area contributed by atoms with Gasteiger partial charge in [0.25, 0.3) is 6.47 Å². The maximum atomic E-state index is 10.1. The van der Waals surface area contributed by atoms with Gasteiger partial charge < -0.3 is 4.74 Å². The summed E-state index contributed by atoms with van der Waals surface area (Å²) in [6, 6.07) is 0. The molecule has 1 aliphatic rings. The lowest BCUT2D eigenvalue weighted by Gasteiger charge is -2.27. The van der Waals surface area contributed by atoms with E-state index in [4.69, 9.17) is 4.74 Å². The number of hydrogen-bond acceptors (Lipinski definition) is 2. The van der Waals surface area contributed by atoms with E-state index in [2.05, 4.69) is 6.92 Å². The smallest absolute Gasteiger partial charge is 0.293 e. The average Bonchev–Trinajstić information content (AvgIpc) is 2.21. The third-order valence-corrected chi connectivity index (χ3v) is 3.26. The molecule has 0 bridgehead atoms. The zero-order valence-corrected chi connectivity index (χ0v) is 9.21. The molecule has 0 saturated heterocycles. The molecule has 82 valence electrons. The molecule has 1 rings (SSSR count). The molecule has 0 amide bonds. The van der Waals surface area contributed by atoms with Crippen molar-refractivity contribution < 1.29 is 9.53 Å². The van der Waals surface area contributed by atoms with Crippen LogP contribution in [-0.2, 0) is 9.53 Å². The molecule has 1 fully saturated rings. The Morgan fingerprint density at radius 3 is 2.50 bits per heavy atom. The predicted molar refractivity (Wildman–Crippen MR) is 57.0 cm³/mol. The molecule has 0 atom stereocenters. The lowest BCUT2D eigenvalue weighted by Crippen LogP contribution is -2.21. The average molecular weight is 198 g/mol. The number of hydrogen-bond donors (Lipinski definition) is 0. The van der Waals surface area contributed by atoms with Crippen LogP contribution in [0, 0.1) is 5.92 Å². The van der Waals surface area contributed by atoms with Gasteiger partial charge in [-0.1, -0.05) is 32.6 Å². The summed E-state index contributed by atoms with van der Waals surface area (Å²) in [4.78, 5) is 10.1. The summed E-state index contributed by atoms with van der Waals surface area (Å²) in [5, 5.41) is 0. The summed E-state index contributed by atoms with van der Waals surface area (Å²) < 4.78 is 4.98. The lowest BCUT2D eigenvalue weighted by molar-refractivity contribution is -0.135. The molecule has 0 radical (unpaired) electrons. The molecule has 2 heteroatoms. The first-order chi connectivity index (χ1) is 6.86. The highest BCUT2D eigenvalue weighted by Gasteiger charge is 2.21. The third kappa shape index (κ3) is 4.12. The summed E-state index contributed by atoms with van der Waals surface area (Å²) in [6.45, 7) is 2.84. The van der Waals surface area contributed by atoms with Crippen LogP contribution in [0.25, 0.3) is 0 Å². The van der Waals surface area contributed by atoms with Crippen molar-refractivity contribution >= 4 is 6.47 Å². The van der Waals surface area contributed by atoms with Gasteiger partial charge in [0.05, 0.1) is 0 Å². The Labute approximate surface area is 87.0 Å². The molecule has 0 aromatic rings. The molecule has 1 saturated carbocycles. The van der Waals surface area contributed by atoms with E-state index in [0.29, 0.717) is 6.47 Å². The van der Waals surface area contributed by atoms with Gasteiger partial charge in [-0.05, 0) is 31.6 Å². The fourth-order valence-corrected chi connectivity index (χ4v) is 2.32. The fourth-order valence-electron chi connectivity index (χ4n) is 2.32. The monoisotopic (exact) mass is 198 g/mol. The van der Waals surface area contributed by atoms with Crippen molar-refractivity contribution in [3.05, 3.63) is 0 Å². The van der Waals surface area contributed by atoms with E-state index in [1.54, 1.807) is 0 Å². The Balaban J connectivity index is 2.06. The van der Waals surface area contributed by atoms with Crippen LogP contribution in [0.1, 0.15) is 58.3 Å². The van der Waals surface area contributed by atoms with Gasteiger partial charge in [-0.3, -0.25) is 4.79 Å². The van der Waals surface area contributed by atoms with Gasteiger partial charge in [-0.15, -0.1) is 0 Å². The second-order valence-electron chi connectivity index (χ2n) is 4.37. The minimum absolute atomic E-state index is 0.218. The molecular weight excluding hydrogens is 176 g/mol. The molecule has 0 aromatic heterocycles. The second-order valence-corrected chi connectivity index (χ2v) is 4.37. The van der Waals surface area contributed by atoms with Crippen molar-refractivity contribution in [1.29, 1.82) is 0 Å².